The van der Waals surface area contributed by atoms with Gasteiger partial charge in [0.2, 0.25) is 0 Å². The summed E-state index contributed by atoms with van der Waals surface area (Å²) in [4.78, 5) is 0. The second kappa shape index (κ2) is 7.40. The summed E-state index contributed by atoms with van der Waals surface area (Å²) in [6.07, 6.45) is 7.63. The van der Waals surface area contributed by atoms with Crippen LogP contribution >= 0.6 is 11.3 Å². The Morgan fingerprint density at radius 3 is 2.19 bits per heavy atom. The Kier molecular flexibility index (Phi) is 5.00. The molecule has 1 heterocycles. The van der Waals surface area contributed by atoms with Crippen LogP contribution in [-0.2, 0) is 5.41 Å². The molecular formula is C25H28S. The van der Waals surface area contributed by atoms with Gasteiger partial charge in [0.25, 0.3) is 0 Å². The van der Waals surface area contributed by atoms with Crippen LogP contribution in [-0.4, -0.2) is 0 Å². The highest BCUT2D eigenvalue weighted by Gasteiger charge is 2.41. The molecule has 4 rings (SSSR count). The summed E-state index contributed by atoms with van der Waals surface area (Å²) in [5, 5.41) is 4.45. The summed E-state index contributed by atoms with van der Waals surface area (Å²) in [6.45, 7) is 4.63. The maximum atomic E-state index is 2.50. The van der Waals surface area contributed by atoms with E-state index in [0.29, 0.717) is 0 Å². The van der Waals surface area contributed by atoms with E-state index in [4.69, 9.17) is 0 Å². The lowest BCUT2D eigenvalue weighted by Gasteiger charge is -2.33. The molecule has 0 N–H and O–H groups in total. The predicted octanol–water partition coefficient (Wildman–Crippen LogP) is 8.06. The standard InChI is InChI=1S/C25H28S/c1-3-5-14-25(15-6-4-2)23-10-8-7-9-21(23)22-12-11-19(17-24(22)25)20-13-16-26-18-20/h7-13,16-18H,3-6,14-15H2,1-2H3. The van der Waals surface area contributed by atoms with Gasteiger partial charge in [-0.25, -0.2) is 0 Å². The van der Waals surface area contributed by atoms with Gasteiger partial charge in [0.1, 0.15) is 0 Å². The molecule has 1 aliphatic rings. The minimum atomic E-state index is 0.198. The first-order valence-corrected chi connectivity index (χ1v) is 11.0. The van der Waals surface area contributed by atoms with Crippen LogP contribution in [0, 0.1) is 0 Å². The molecule has 1 aromatic heterocycles. The number of benzene rings is 2. The van der Waals surface area contributed by atoms with Gasteiger partial charge in [0.05, 0.1) is 0 Å². The van der Waals surface area contributed by atoms with Gasteiger partial charge in [-0.3, -0.25) is 0 Å². The van der Waals surface area contributed by atoms with Gasteiger partial charge in [-0.2, -0.15) is 11.3 Å². The lowest BCUT2D eigenvalue weighted by Crippen LogP contribution is -2.25. The number of hydrogen-bond acceptors (Lipinski definition) is 1. The fraction of sp³-hybridized carbons (Fsp3) is 0.360. The average molecular weight is 361 g/mol. The van der Waals surface area contributed by atoms with Crippen molar-refractivity contribution in [2.24, 2.45) is 0 Å². The first-order chi connectivity index (χ1) is 12.8. The first kappa shape index (κ1) is 17.5. The third kappa shape index (κ3) is 2.83. The second-order valence-electron chi connectivity index (χ2n) is 7.61. The van der Waals surface area contributed by atoms with Crippen molar-refractivity contribution < 1.29 is 0 Å². The number of hydrogen-bond donors (Lipinski definition) is 0. The Balaban J connectivity index is 1.91. The SMILES string of the molecule is CCCCC1(CCCC)c2ccccc2-c2ccc(-c3ccsc3)cc21. The quantitative estimate of drug-likeness (QED) is 0.399. The van der Waals surface area contributed by atoms with Crippen molar-refractivity contribution in [3.63, 3.8) is 0 Å². The summed E-state index contributed by atoms with van der Waals surface area (Å²) in [5.74, 6) is 0. The number of rotatable bonds is 7. The fourth-order valence-electron chi connectivity index (χ4n) is 4.68. The molecule has 0 bridgehead atoms. The molecule has 0 atom stereocenters. The lowest BCUT2D eigenvalue weighted by molar-refractivity contribution is 0.414. The van der Waals surface area contributed by atoms with Gasteiger partial charge in [-0.15, -0.1) is 0 Å². The largest absolute Gasteiger partial charge is 0.152 e. The summed E-state index contributed by atoms with van der Waals surface area (Å²) < 4.78 is 0. The van der Waals surface area contributed by atoms with E-state index < -0.39 is 0 Å². The smallest absolute Gasteiger partial charge is 0.0215 e. The van der Waals surface area contributed by atoms with Crippen molar-refractivity contribution in [1.29, 1.82) is 0 Å². The van der Waals surface area contributed by atoms with Crippen molar-refractivity contribution in [2.45, 2.75) is 57.8 Å². The van der Waals surface area contributed by atoms with E-state index in [9.17, 15) is 0 Å². The van der Waals surface area contributed by atoms with E-state index in [-0.39, 0.29) is 5.41 Å². The molecule has 26 heavy (non-hydrogen) atoms. The molecule has 0 unspecified atom stereocenters. The van der Waals surface area contributed by atoms with E-state index in [1.807, 2.05) is 0 Å². The highest BCUT2D eigenvalue weighted by atomic mass is 32.1. The Hall–Kier alpha value is -1.86. The van der Waals surface area contributed by atoms with Crippen LogP contribution in [0.1, 0.15) is 63.5 Å². The molecule has 0 fully saturated rings. The molecule has 0 amide bonds. The third-order valence-electron chi connectivity index (χ3n) is 6.04. The Morgan fingerprint density at radius 2 is 1.50 bits per heavy atom. The summed E-state index contributed by atoms with van der Waals surface area (Å²) in [6, 6.07) is 18.6. The average Bonchev–Trinajstić information content (AvgIpc) is 3.31. The highest BCUT2D eigenvalue weighted by Crippen LogP contribution is 2.54. The van der Waals surface area contributed by atoms with Crippen molar-refractivity contribution in [3.8, 4) is 22.3 Å². The zero-order valence-corrected chi connectivity index (χ0v) is 16.7. The van der Waals surface area contributed by atoms with E-state index in [0.717, 1.165) is 0 Å². The Bertz CT molecular complexity index is 865. The summed E-state index contributed by atoms with van der Waals surface area (Å²) in [7, 11) is 0. The van der Waals surface area contributed by atoms with E-state index in [1.165, 1.54) is 60.8 Å². The van der Waals surface area contributed by atoms with Gasteiger partial charge in [-0.1, -0.05) is 75.9 Å². The molecule has 2 aromatic carbocycles. The summed E-state index contributed by atoms with van der Waals surface area (Å²) >= 11 is 1.78. The van der Waals surface area contributed by atoms with Gasteiger partial charge in [0, 0.05) is 5.41 Å². The number of thiophene rings is 1. The molecule has 0 saturated carbocycles. The molecule has 0 spiro atoms. The molecule has 0 saturated heterocycles. The van der Waals surface area contributed by atoms with Gasteiger partial charge in [0.15, 0.2) is 0 Å². The molecule has 1 aliphatic carbocycles. The van der Waals surface area contributed by atoms with Gasteiger partial charge >= 0.3 is 0 Å². The minimum Gasteiger partial charge on any atom is -0.152 e. The maximum absolute atomic E-state index is 2.50. The predicted molar refractivity (Wildman–Crippen MR) is 115 cm³/mol. The van der Waals surface area contributed by atoms with Crippen LogP contribution in [0.3, 0.4) is 0 Å². The van der Waals surface area contributed by atoms with Crippen molar-refractivity contribution >= 4 is 11.3 Å². The summed E-state index contributed by atoms with van der Waals surface area (Å²) in [5.41, 5.74) is 9.00. The van der Waals surface area contributed by atoms with Gasteiger partial charge in [-0.05, 0) is 69.1 Å². The Labute approximate surface area is 161 Å². The second-order valence-corrected chi connectivity index (χ2v) is 8.39. The van der Waals surface area contributed by atoms with E-state index in [2.05, 4.69) is 73.1 Å². The van der Waals surface area contributed by atoms with E-state index in [1.54, 1.807) is 22.5 Å². The molecule has 0 nitrogen and oxygen atoms in total. The number of fused-ring (bicyclic) bond motifs is 3. The monoisotopic (exact) mass is 360 g/mol. The number of unbranched alkanes of at least 4 members (excludes halogenated alkanes) is 2. The molecule has 1 heteroatoms. The minimum absolute atomic E-state index is 0.198. The highest BCUT2D eigenvalue weighted by molar-refractivity contribution is 7.08. The van der Waals surface area contributed by atoms with Gasteiger partial charge < -0.3 is 0 Å². The molecule has 0 aliphatic heterocycles. The van der Waals surface area contributed by atoms with Crippen LogP contribution in [0.5, 0.6) is 0 Å². The molecule has 3 aromatic rings. The van der Waals surface area contributed by atoms with Crippen LogP contribution in [0.25, 0.3) is 22.3 Å². The van der Waals surface area contributed by atoms with Crippen LogP contribution in [0.2, 0.25) is 0 Å². The zero-order valence-electron chi connectivity index (χ0n) is 15.9. The van der Waals surface area contributed by atoms with Crippen LogP contribution in [0.4, 0.5) is 0 Å². The normalized spacial score (nSPS) is 14.2. The molecular weight excluding hydrogens is 332 g/mol. The van der Waals surface area contributed by atoms with Crippen molar-refractivity contribution in [1.82, 2.24) is 0 Å². The first-order valence-electron chi connectivity index (χ1n) is 10.1. The van der Waals surface area contributed by atoms with Crippen LogP contribution in [0.15, 0.2) is 59.3 Å². The lowest BCUT2D eigenvalue weighted by atomic mass is 9.70. The van der Waals surface area contributed by atoms with Crippen molar-refractivity contribution in [3.05, 3.63) is 70.4 Å². The molecule has 134 valence electrons. The van der Waals surface area contributed by atoms with E-state index >= 15 is 0 Å². The molecule has 0 radical (unpaired) electrons. The zero-order chi connectivity index (χ0) is 18.0. The maximum Gasteiger partial charge on any atom is 0.0215 e. The topological polar surface area (TPSA) is 0 Å². The Morgan fingerprint density at radius 1 is 0.769 bits per heavy atom. The van der Waals surface area contributed by atoms with Crippen molar-refractivity contribution in [2.75, 3.05) is 0 Å². The van der Waals surface area contributed by atoms with Crippen LogP contribution < -0.4 is 0 Å². The third-order valence-corrected chi connectivity index (χ3v) is 6.72. The fourth-order valence-corrected chi connectivity index (χ4v) is 5.35.